The van der Waals surface area contributed by atoms with Gasteiger partial charge in [0.2, 0.25) is 0 Å². The Hall–Kier alpha value is -1.32. The van der Waals surface area contributed by atoms with Crippen LogP contribution in [0.25, 0.3) is 10.8 Å². The molecule has 1 aromatic heterocycles. The van der Waals surface area contributed by atoms with E-state index >= 15 is 0 Å². The fourth-order valence-corrected chi connectivity index (χ4v) is 2.83. The lowest BCUT2D eigenvalue weighted by Gasteiger charge is -2.11. The summed E-state index contributed by atoms with van der Waals surface area (Å²) in [4.78, 5) is 4.43. The van der Waals surface area contributed by atoms with Gasteiger partial charge >= 0.3 is 0 Å². The highest BCUT2D eigenvalue weighted by molar-refractivity contribution is 6.31. The molecule has 0 saturated carbocycles. The third-order valence-corrected chi connectivity index (χ3v) is 3.97. The van der Waals surface area contributed by atoms with Crippen LogP contribution < -0.4 is 10.6 Å². The molecule has 0 radical (unpaired) electrons. The number of halogens is 1. The number of rotatable bonds is 4. The molecule has 1 fully saturated rings. The molecule has 19 heavy (non-hydrogen) atoms. The average molecular weight is 276 g/mol. The van der Waals surface area contributed by atoms with E-state index in [0.717, 1.165) is 47.2 Å². The van der Waals surface area contributed by atoms with Crippen LogP contribution in [0.4, 0.5) is 5.82 Å². The van der Waals surface area contributed by atoms with E-state index in [1.807, 2.05) is 30.5 Å². The molecule has 2 N–H and O–H groups in total. The lowest BCUT2D eigenvalue weighted by Crippen LogP contribution is -2.13. The van der Waals surface area contributed by atoms with Crippen molar-refractivity contribution in [1.82, 2.24) is 10.3 Å². The van der Waals surface area contributed by atoms with Crippen LogP contribution in [-0.2, 0) is 0 Å². The van der Waals surface area contributed by atoms with E-state index in [1.54, 1.807) is 0 Å². The number of fused-ring (bicyclic) bond motifs is 1. The van der Waals surface area contributed by atoms with E-state index in [4.69, 9.17) is 11.6 Å². The number of hydrogen-bond acceptors (Lipinski definition) is 3. The van der Waals surface area contributed by atoms with Crippen molar-refractivity contribution in [2.45, 2.75) is 12.8 Å². The molecule has 3 nitrogen and oxygen atoms in total. The maximum Gasteiger partial charge on any atom is 0.133 e. The standard InChI is InChI=1S/C15H18ClN3/c16-13-1-2-14-12(9-13)5-8-19-15(14)18-7-4-11-3-6-17-10-11/h1-2,5,8-9,11,17H,3-4,6-7,10H2,(H,18,19). The first-order valence-corrected chi connectivity index (χ1v) is 7.19. The number of aromatic nitrogens is 1. The van der Waals surface area contributed by atoms with Crippen molar-refractivity contribution >= 4 is 28.2 Å². The van der Waals surface area contributed by atoms with Gasteiger partial charge in [0.15, 0.2) is 0 Å². The van der Waals surface area contributed by atoms with Crippen LogP contribution in [0.1, 0.15) is 12.8 Å². The first kappa shape index (κ1) is 12.7. The lowest BCUT2D eigenvalue weighted by atomic mass is 10.1. The van der Waals surface area contributed by atoms with Gasteiger partial charge in [-0.2, -0.15) is 0 Å². The van der Waals surface area contributed by atoms with Gasteiger partial charge in [0.1, 0.15) is 5.82 Å². The Kier molecular flexibility index (Phi) is 3.85. The molecule has 4 heteroatoms. The van der Waals surface area contributed by atoms with Crippen molar-refractivity contribution < 1.29 is 0 Å². The van der Waals surface area contributed by atoms with Gasteiger partial charge < -0.3 is 10.6 Å². The lowest BCUT2D eigenvalue weighted by molar-refractivity contribution is 0.549. The summed E-state index contributed by atoms with van der Waals surface area (Å²) in [6, 6.07) is 7.92. The number of benzene rings is 1. The summed E-state index contributed by atoms with van der Waals surface area (Å²) >= 11 is 6.01. The molecule has 0 bridgehead atoms. The predicted octanol–water partition coefficient (Wildman–Crippen LogP) is 3.30. The predicted molar refractivity (Wildman–Crippen MR) is 80.8 cm³/mol. The smallest absolute Gasteiger partial charge is 0.133 e. The molecule has 1 unspecified atom stereocenters. The van der Waals surface area contributed by atoms with Gasteiger partial charge in [0.05, 0.1) is 0 Å². The molecule has 1 saturated heterocycles. The van der Waals surface area contributed by atoms with Crippen molar-refractivity contribution in [2.75, 3.05) is 25.0 Å². The molecule has 0 spiro atoms. The van der Waals surface area contributed by atoms with Crippen LogP contribution in [0.3, 0.4) is 0 Å². The Balaban J connectivity index is 1.70. The fraction of sp³-hybridized carbons (Fsp3) is 0.400. The third-order valence-electron chi connectivity index (χ3n) is 3.73. The molecule has 3 rings (SSSR count). The summed E-state index contributed by atoms with van der Waals surface area (Å²) in [6.45, 7) is 3.29. The van der Waals surface area contributed by atoms with Gasteiger partial charge in [-0.1, -0.05) is 11.6 Å². The summed E-state index contributed by atoms with van der Waals surface area (Å²) < 4.78 is 0. The largest absolute Gasteiger partial charge is 0.370 e. The van der Waals surface area contributed by atoms with E-state index in [-0.39, 0.29) is 0 Å². The second kappa shape index (κ2) is 5.76. The highest BCUT2D eigenvalue weighted by Gasteiger charge is 2.13. The minimum absolute atomic E-state index is 0.765. The Morgan fingerprint density at radius 2 is 2.32 bits per heavy atom. The number of nitrogens with one attached hydrogen (secondary N) is 2. The van der Waals surface area contributed by atoms with E-state index in [1.165, 1.54) is 12.8 Å². The molecule has 0 amide bonds. The van der Waals surface area contributed by atoms with Gasteiger partial charge in [-0.25, -0.2) is 4.98 Å². The van der Waals surface area contributed by atoms with Crippen LogP contribution in [0.5, 0.6) is 0 Å². The Morgan fingerprint density at radius 1 is 1.37 bits per heavy atom. The first-order chi connectivity index (χ1) is 9.33. The number of hydrogen-bond donors (Lipinski definition) is 2. The van der Waals surface area contributed by atoms with Crippen LogP contribution >= 0.6 is 11.6 Å². The zero-order valence-corrected chi connectivity index (χ0v) is 11.6. The molecule has 2 heterocycles. The van der Waals surface area contributed by atoms with Gasteiger partial charge in [-0.05, 0) is 61.5 Å². The van der Waals surface area contributed by atoms with Gasteiger partial charge in [-0.3, -0.25) is 0 Å². The van der Waals surface area contributed by atoms with E-state index in [9.17, 15) is 0 Å². The van der Waals surface area contributed by atoms with E-state index in [2.05, 4.69) is 15.6 Å². The quantitative estimate of drug-likeness (QED) is 0.899. The summed E-state index contributed by atoms with van der Waals surface area (Å²) in [7, 11) is 0. The minimum Gasteiger partial charge on any atom is -0.370 e. The molecule has 1 atom stereocenters. The summed E-state index contributed by atoms with van der Waals surface area (Å²) in [6.07, 6.45) is 4.32. The van der Waals surface area contributed by atoms with Crippen molar-refractivity contribution in [3.05, 3.63) is 35.5 Å². The zero-order valence-electron chi connectivity index (χ0n) is 10.8. The zero-order chi connectivity index (χ0) is 13.1. The van der Waals surface area contributed by atoms with E-state index < -0.39 is 0 Å². The summed E-state index contributed by atoms with van der Waals surface area (Å²) in [5, 5.41) is 9.88. The molecule has 100 valence electrons. The van der Waals surface area contributed by atoms with Crippen molar-refractivity contribution in [2.24, 2.45) is 5.92 Å². The number of anilines is 1. The molecular formula is C15H18ClN3. The highest BCUT2D eigenvalue weighted by atomic mass is 35.5. The SMILES string of the molecule is Clc1ccc2c(NCCC3CCNC3)nccc2c1. The summed E-state index contributed by atoms with van der Waals surface area (Å²) in [5.74, 6) is 1.76. The Morgan fingerprint density at radius 3 is 3.16 bits per heavy atom. The second-order valence-corrected chi connectivity index (χ2v) is 5.54. The van der Waals surface area contributed by atoms with Crippen molar-refractivity contribution in [3.63, 3.8) is 0 Å². The highest BCUT2D eigenvalue weighted by Crippen LogP contribution is 2.24. The second-order valence-electron chi connectivity index (χ2n) is 5.10. The molecular weight excluding hydrogens is 258 g/mol. The molecule has 1 aliphatic heterocycles. The van der Waals surface area contributed by atoms with Crippen LogP contribution in [0.15, 0.2) is 30.5 Å². The molecule has 1 aromatic carbocycles. The third kappa shape index (κ3) is 2.99. The minimum atomic E-state index is 0.765. The van der Waals surface area contributed by atoms with Crippen molar-refractivity contribution in [1.29, 1.82) is 0 Å². The normalized spacial score (nSPS) is 18.9. The topological polar surface area (TPSA) is 37.0 Å². The Labute approximate surface area is 118 Å². The van der Waals surface area contributed by atoms with Gasteiger partial charge in [-0.15, -0.1) is 0 Å². The van der Waals surface area contributed by atoms with Crippen LogP contribution in [-0.4, -0.2) is 24.6 Å². The molecule has 2 aromatic rings. The monoisotopic (exact) mass is 275 g/mol. The maximum atomic E-state index is 6.01. The van der Waals surface area contributed by atoms with Crippen LogP contribution in [0.2, 0.25) is 5.02 Å². The Bertz CT molecular complexity index is 564. The average Bonchev–Trinajstić information content (AvgIpc) is 2.92. The van der Waals surface area contributed by atoms with Crippen LogP contribution in [0, 0.1) is 5.92 Å². The maximum absolute atomic E-state index is 6.01. The fourth-order valence-electron chi connectivity index (χ4n) is 2.65. The molecule has 1 aliphatic rings. The number of nitrogens with zero attached hydrogens (tertiary/aromatic N) is 1. The van der Waals surface area contributed by atoms with Gasteiger partial charge in [0.25, 0.3) is 0 Å². The van der Waals surface area contributed by atoms with Crippen molar-refractivity contribution in [3.8, 4) is 0 Å². The number of pyridine rings is 1. The van der Waals surface area contributed by atoms with Gasteiger partial charge in [0, 0.05) is 23.2 Å². The van der Waals surface area contributed by atoms with E-state index in [0.29, 0.717) is 0 Å². The molecule has 0 aliphatic carbocycles. The first-order valence-electron chi connectivity index (χ1n) is 6.82. The summed E-state index contributed by atoms with van der Waals surface area (Å²) in [5.41, 5.74) is 0.